The molecule has 10 heteroatoms. The molecule has 0 aromatic carbocycles. The average Bonchev–Trinajstić information content (AvgIpc) is 2.54. The van der Waals surface area contributed by atoms with Gasteiger partial charge in [0, 0.05) is 5.41 Å². The molecule has 4 bridgehead atoms. The first-order chi connectivity index (χ1) is 11.9. The Morgan fingerprint density at radius 3 is 2.04 bits per heavy atom. The summed E-state index contributed by atoms with van der Waals surface area (Å²) in [6.07, 6.45) is 5.71. The number of hydrogen-bond acceptors (Lipinski definition) is 6. The fraction of sp³-hybridized carbons (Fsp3) is 0.875. The predicted octanol–water partition coefficient (Wildman–Crippen LogP) is 2.02. The molecule has 4 rings (SSSR count). The maximum Gasteiger partial charge on any atom is 0.465 e. The van der Waals surface area contributed by atoms with E-state index in [0.717, 1.165) is 37.5 Å². The fourth-order valence-electron chi connectivity index (χ4n) is 5.09. The number of ether oxygens (including phenoxy) is 2. The Balaban J connectivity index is 1.51. The van der Waals surface area contributed by atoms with Crippen LogP contribution >= 0.6 is 0 Å². The summed E-state index contributed by atoms with van der Waals surface area (Å²) in [5, 5.41) is -5.12. The summed E-state index contributed by atoms with van der Waals surface area (Å²) in [4.78, 5) is 22.8. The van der Waals surface area contributed by atoms with Crippen LogP contribution in [0.2, 0.25) is 0 Å². The van der Waals surface area contributed by atoms with Crippen LogP contribution in [-0.4, -0.2) is 43.4 Å². The molecule has 4 saturated carbocycles. The number of esters is 2. The van der Waals surface area contributed by atoms with Gasteiger partial charge < -0.3 is 9.47 Å². The van der Waals surface area contributed by atoms with E-state index in [1.165, 1.54) is 6.42 Å². The van der Waals surface area contributed by atoms with Gasteiger partial charge in [0.2, 0.25) is 0 Å². The Kier molecular flexibility index (Phi) is 4.79. The van der Waals surface area contributed by atoms with Crippen LogP contribution < -0.4 is 0 Å². The minimum Gasteiger partial charge on any atom is -0.463 e. The van der Waals surface area contributed by atoms with Crippen LogP contribution in [0.4, 0.5) is 8.78 Å². The summed E-state index contributed by atoms with van der Waals surface area (Å²) in [6, 6.07) is 0. The first-order valence-electron chi connectivity index (χ1n) is 8.61. The van der Waals surface area contributed by atoms with Gasteiger partial charge in [-0.15, -0.1) is 0 Å². The Morgan fingerprint density at radius 1 is 1.08 bits per heavy atom. The Labute approximate surface area is 150 Å². The van der Waals surface area contributed by atoms with Crippen molar-refractivity contribution >= 4 is 22.1 Å². The van der Waals surface area contributed by atoms with Crippen molar-refractivity contribution in [3.05, 3.63) is 0 Å². The first kappa shape index (κ1) is 19.5. The van der Waals surface area contributed by atoms with E-state index in [1.807, 2.05) is 0 Å². The van der Waals surface area contributed by atoms with Crippen molar-refractivity contribution in [3.63, 3.8) is 0 Å². The zero-order valence-electron chi connectivity index (χ0n) is 14.3. The summed E-state index contributed by atoms with van der Waals surface area (Å²) in [6.45, 7) is 1.05. The van der Waals surface area contributed by atoms with Gasteiger partial charge in [0.25, 0.3) is 0 Å². The summed E-state index contributed by atoms with van der Waals surface area (Å²) < 4.78 is 64.4. The van der Waals surface area contributed by atoms with E-state index in [9.17, 15) is 26.8 Å². The molecule has 0 heterocycles. The van der Waals surface area contributed by atoms with Gasteiger partial charge in [-0.2, -0.15) is 17.2 Å². The molecule has 0 atom stereocenters. The predicted molar refractivity (Wildman–Crippen MR) is 83.6 cm³/mol. The van der Waals surface area contributed by atoms with Gasteiger partial charge in [0.05, 0.1) is 6.61 Å². The topological polar surface area (TPSA) is 107 Å². The van der Waals surface area contributed by atoms with Gasteiger partial charge >= 0.3 is 27.3 Å². The van der Waals surface area contributed by atoms with Crippen molar-refractivity contribution < 1.29 is 40.8 Å². The SMILES string of the molecule is CC1(COC(=O)COC(=O)C(F)(F)S(=O)(=O)O)C2CC3CC(C2)CC1C3. The molecule has 4 aliphatic carbocycles. The molecule has 0 aromatic rings. The molecular formula is C16H22F2O7S. The lowest BCUT2D eigenvalue weighted by molar-refractivity contribution is -0.176. The maximum absolute atomic E-state index is 13.0. The second kappa shape index (κ2) is 6.40. The van der Waals surface area contributed by atoms with Gasteiger partial charge in [0.15, 0.2) is 6.61 Å². The second-order valence-corrected chi connectivity index (χ2v) is 9.50. The molecule has 0 aromatic heterocycles. The lowest BCUT2D eigenvalue weighted by atomic mass is 9.46. The van der Waals surface area contributed by atoms with Gasteiger partial charge in [-0.3, -0.25) is 4.55 Å². The normalized spacial score (nSPS) is 36.0. The third-order valence-corrected chi connectivity index (χ3v) is 7.24. The van der Waals surface area contributed by atoms with Crippen molar-refractivity contribution in [1.82, 2.24) is 0 Å². The van der Waals surface area contributed by atoms with Crippen LogP contribution in [0.1, 0.15) is 39.0 Å². The molecule has 26 heavy (non-hydrogen) atoms. The number of halogens is 2. The largest absolute Gasteiger partial charge is 0.465 e. The van der Waals surface area contributed by atoms with E-state index in [-0.39, 0.29) is 12.0 Å². The number of rotatable bonds is 6. The molecule has 148 valence electrons. The van der Waals surface area contributed by atoms with E-state index in [2.05, 4.69) is 11.7 Å². The number of hydrogen-bond donors (Lipinski definition) is 1. The van der Waals surface area contributed by atoms with Crippen molar-refractivity contribution in [3.8, 4) is 0 Å². The van der Waals surface area contributed by atoms with E-state index < -0.39 is 33.9 Å². The zero-order chi connectivity index (χ0) is 19.3. The molecule has 4 aliphatic rings. The number of alkyl halides is 2. The van der Waals surface area contributed by atoms with Crippen molar-refractivity contribution in [1.29, 1.82) is 0 Å². The van der Waals surface area contributed by atoms with Gasteiger partial charge in [-0.1, -0.05) is 6.92 Å². The van der Waals surface area contributed by atoms with E-state index >= 15 is 0 Å². The van der Waals surface area contributed by atoms with Crippen molar-refractivity contribution in [2.45, 2.75) is 44.3 Å². The Bertz CT molecular complexity index is 675. The van der Waals surface area contributed by atoms with Gasteiger partial charge in [-0.05, 0) is 55.8 Å². The molecule has 1 N–H and O–H groups in total. The van der Waals surface area contributed by atoms with Crippen LogP contribution in [-0.2, 0) is 29.2 Å². The van der Waals surface area contributed by atoms with Crippen LogP contribution in [0.25, 0.3) is 0 Å². The first-order valence-corrected chi connectivity index (χ1v) is 10.0. The van der Waals surface area contributed by atoms with E-state index in [1.54, 1.807) is 0 Å². The fourth-order valence-corrected chi connectivity index (χ4v) is 5.36. The second-order valence-electron chi connectivity index (χ2n) is 8.04. The lowest BCUT2D eigenvalue weighted by Gasteiger charge is -2.59. The molecule has 0 unspecified atom stereocenters. The minimum absolute atomic E-state index is 0.118. The third-order valence-electron chi connectivity index (χ3n) is 6.43. The highest BCUT2D eigenvalue weighted by Gasteiger charge is 2.56. The summed E-state index contributed by atoms with van der Waals surface area (Å²) >= 11 is 0. The highest BCUT2D eigenvalue weighted by Crippen LogP contribution is 2.62. The van der Waals surface area contributed by atoms with Crippen molar-refractivity contribution in [2.75, 3.05) is 13.2 Å². The molecule has 4 fully saturated rings. The quantitative estimate of drug-likeness (QED) is 0.541. The van der Waals surface area contributed by atoms with Crippen LogP contribution in [0.3, 0.4) is 0 Å². The lowest BCUT2D eigenvalue weighted by Crippen LogP contribution is -2.53. The van der Waals surface area contributed by atoms with E-state index in [0.29, 0.717) is 11.8 Å². The molecule has 7 nitrogen and oxygen atoms in total. The van der Waals surface area contributed by atoms with E-state index in [4.69, 9.17) is 9.29 Å². The molecular weight excluding hydrogens is 374 g/mol. The molecule has 0 saturated heterocycles. The van der Waals surface area contributed by atoms with Crippen LogP contribution in [0, 0.1) is 29.1 Å². The summed E-state index contributed by atoms with van der Waals surface area (Å²) in [5.41, 5.74) is -0.175. The molecule has 0 aliphatic heterocycles. The highest BCUT2D eigenvalue weighted by atomic mass is 32.2. The highest BCUT2D eigenvalue weighted by molar-refractivity contribution is 7.87. The standard InChI is InChI=1S/C16H22F2O7S/c1-15(11-3-9-2-10(5-11)6-12(15)4-9)8-25-13(19)7-24-14(20)16(17,18)26(21,22)23/h9-12H,2-8H2,1H3,(H,21,22,23). The monoisotopic (exact) mass is 396 g/mol. The number of carbonyl (C=O) groups is 2. The Morgan fingerprint density at radius 2 is 1.58 bits per heavy atom. The maximum atomic E-state index is 13.0. The molecule has 0 amide bonds. The Hall–Kier alpha value is -1.29. The smallest absolute Gasteiger partial charge is 0.463 e. The van der Waals surface area contributed by atoms with Crippen LogP contribution in [0.15, 0.2) is 0 Å². The van der Waals surface area contributed by atoms with Gasteiger partial charge in [0.1, 0.15) is 0 Å². The third kappa shape index (κ3) is 3.33. The molecule has 0 radical (unpaired) electrons. The average molecular weight is 396 g/mol. The van der Waals surface area contributed by atoms with Crippen LogP contribution in [0.5, 0.6) is 0 Å². The zero-order valence-corrected chi connectivity index (χ0v) is 15.1. The van der Waals surface area contributed by atoms with Crippen molar-refractivity contribution in [2.24, 2.45) is 29.1 Å². The summed E-state index contributed by atoms with van der Waals surface area (Å²) in [5.74, 6) is -1.15. The molecule has 0 spiro atoms. The minimum atomic E-state index is -5.96. The summed E-state index contributed by atoms with van der Waals surface area (Å²) in [7, 11) is -5.96. The van der Waals surface area contributed by atoms with Gasteiger partial charge in [-0.25, -0.2) is 9.59 Å². The number of carbonyl (C=O) groups excluding carboxylic acids is 2.